The number of para-hydroxylation sites is 2. The highest BCUT2D eigenvalue weighted by Crippen LogP contribution is 2.24. The number of nitrogens with two attached hydrogens (primary N) is 2. The van der Waals surface area contributed by atoms with E-state index in [1.165, 1.54) is 0 Å². The molecule has 0 aliphatic carbocycles. The third-order valence-electron chi connectivity index (χ3n) is 2.63. The van der Waals surface area contributed by atoms with Gasteiger partial charge in [0.15, 0.2) is 0 Å². The van der Waals surface area contributed by atoms with Crippen molar-refractivity contribution < 1.29 is 14.3 Å². The van der Waals surface area contributed by atoms with Gasteiger partial charge in [0, 0.05) is 6.42 Å². The Morgan fingerprint density at radius 3 is 2.60 bits per heavy atom. The molecule has 0 aliphatic heterocycles. The summed E-state index contributed by atoms with van der Waals surface area (Å²) in [7, 11) is 0. The third kappa shape index (κ3) is 6.19. The Morgan fingerprint density at radius 2 is 1.90 bits per heavy atom. The van der Waals surface area contributed by atoms with E-state index >= 15 is 0 Å². The number of ether oxygens (including phenoxy) is 1. The summed E-state index contributed by atoms with van der Waals surface area (Å²) >= 11 is 0. The van der Waals surface area contributed by atoms with E-state index < -0.39 is 5.91 Å². The van der Waals surface area contributed by atoms with Gasteiger partial charge < -0.3 is 21.5 Å². The molecule has 0 aliphatic rings. The summed E-state index contributed by atoms with van der Waals surface area (Å²) in [4.78, 5) is 22.4. The molecule has 1 rings (SSSR count). The van der Waals surface area contributed by atoms with Crippen LogP contribution in [0.3, 0.4) is 0 Å². The fraction of sp³-hybridized carbons (Fsp3) is 0.429. The molecule has 0 saturated carbocycles. The van der Waals surface area contributed by atoms with Crippen molar-refractivity contribution in [2.75, 3.05) is 18.5 Å². The van der Waals surface area contributed by atoms with E-state index in [0.29, 0.717) is 24.4 Å². The lowest BCUT2D eigenvalue weighted by Crippen LogP contribution is -2.16. The Bertz CT molecular complexity index is 449. The number of hydrogen-bond donors (Lipinski definition) is 3. The first-order chi connectivity index (χ1) is 9.63. The first-order valence-electron chi connectivity index (χ1n) is 6.63. The van der Waals surface area contributed by atoms with Crippen molar-refractivity contribution >= 4 is 17.5 Å². The average Bonchev–Trinajstić information content (AvgIpc) is 2.40. The maximum Gasteiger partial charge on any atom is 0.224 e. The monoisotopic (exact) mass is 279 g/mol. The summed E-state index contributed by atoms with van der Waals surface area (Å²) in [5.41, 5.74) is 11.0. The van der Waals surface area contributed by atoms with Gasteiger partial charge in [-0.25, -0.2) is 0 Å². The summed E-state index contributed by atoms with van der Waals surface area (Å²) in [6.07, 6.45) is 2.14. The Morgan fingerprint density at radius 1 is 1.15 bits per heavy atom. The van der Waals surface area contributed by atoms with Crippen LogP contribution in [0.4, 0.5) is 5.69 Å². The molecule has 0 spiro atoms. The van der Waals surface area contributed by atoms with Crippen LogP contribution in [0, 0.1) is 0 Å². The van der Waals surface area contributed by atoms with Crippen LogP contribution in [0.2, 0.25) is 0 Å². The van der Waals surface area contributed by atoms with Gasteiger partial charge in [-0.1, -0.05) is 12.1 Å². The van der Waals surface area contributed by atoms with Gasteiger partial charge in [0.05, 0.1) is 18.7 Å². The van der Waals surface area contributed by atoms with Gasteiger partial charge in [0.2, 0.25) is 11.8 Å². The summed E-state index contributed by atoms with van der Waals surface area (Å²) in [5, 5.41) is 2.79. The molecule has 6 heteroatoms. The lowest BCUT2D eigenvalue weighted by molar-refractivity contribution is -0.118. The minimum absolute atomic E-state index is 0.0793. The first kappa shape index (κ1) is 16.0. The second-order valence-corrected chi connectivity index (χ2v) is 4.35. The molecule has 1 aromatic rings. The van der Waals surface area contributed by atoms with Crippen molar-refractivity contribution in [3.8, 4) is 5.75 Å². The van der Waals surface area contributed by atoms with Gasteiger partial charge in [0.1, 0.15) is 5.75 Å². The molecule has 0 radical (unpaired) electrons. The number of hydrogen-bond acceptors (Lipinski definition) is 4. The summed E-state index contributed by atoms with van der Waals surface area (Å²) < 4.78 is 5.44. The highest BCUT2D eigenvalue weighted by atomic mass is 16.5. The predicted molar refractivity (Wildman–Crippen MR) is 77.3 cm³/mol. The average molecular weight is 279 g/mol. The molecule has 1 aromatic carbocycles. The maximum atomic E-state index is 11.7. The van der Waals surface area contributed by atoms with Crippen LogP contribution >= 0.6 is 0 Å². The molecule has 0 aromatic heterocycles. The van der Waals surface area contributed by atoms with Gasteiger partial charge in [0.25, 0.3) is 0 Å². The van der Waals surface area contributed by atoms with Crippen LogP contribution in [0.1, 0.15) is 25.7 Å². The highest BCUT2D eigenvalue weighted by molar-refractivity contribution is 5.92. The third-order valence-corrected chi connectivity index (χ3v) is 2.63. The number of carbonyl (C=O) groups excluding carboxylic acids is 2. The fourth-order valence-corrected chi connectivity index (χ4v) is 1.60. The normalized spacial score (nSPS) is 10.1. The highest BCUT2D eigenvalue weighted by Gasteiger charge is 2.07. The lowest BCUT2D eigenvalue weighted by Gasteiger charge is -2.11. The molecule has 110 valence electrons. The number of unbranched alkanes of at least 4 members (excludes halogenated alkanes) is 1. The quantitative estimate of drug-likeness (QED) is 0.586. The van der Waals surface area contributed by atoms with Gasteiger partial charge in [-0.2, -0.15) is 0 Å². The van der Waals surface area contributed by atoms with E-state index in [-0.39, 0.29) is 18.9 Å². The number of primary amides is 1. The van der Waals surface area contributed by atoms with Crippen molar-refractivity contribution in [3.05, 3.63) is 24.3 Å². The van der Waals surface area contributed by atoms with E-state index in [9.17, 15) is 9.59 Å². The summed E-state index contributed by atoms with van der Waals surface area (Å²) in [5.74, 6) is 0.0265. The van der Waals surface area contributed by atoms with Crippen molar-refractivity contribution in [1.29, 1.82) is 0 Å². The number of rotatable bonds is 9. The van der Waals surface area contributed by atoms with E-state index in [4.69, 9.17) is 16.2 Å². The summed E-state index contributed by atoms with van der Waals surface area (Å²) in [6, 6.07) is 7.08. The topological polar surface area (TPSA) is 107 Å². The Hall–Kier alpha value is -2.08. The molecule has 0 heterocycles. The Labute approximate surface area is 118 Å². The van der Waals surface area contributed by atoms with E-state index in [1.54, 1.807) is 24.3 Å². The van der Waals surface area contributed by atoms with Crippen LogP contribution in [0.15, 0.2) is 24.3 Å². The number of nitrogens with one attached hydrogen (secondary N) is 1. The summed E-state index contributed by atoms with van der Waals surface area (Å²) in [6.45, 7) is 0.773. The molecule has 0 unspecified atom stereocenters. The van der Waals surface area contributed by atoms with Crippen LogP contribution in [0.5, 0.6) is 5.75 Å². The van der Waals surface area contributed by atoms with Gasteiger partial charge in [-0.15, -0.1) is 0 Å². The zero-order valence-electron chi connectivity index (χ0n) is 11.4. The van der Waals surface area contributed by atoms with E-state index in [2.05, 4.69) is 5.32 Å². The fourth-order valence-electron chi connectivity index (χ4n) is 1.60. The molecule has 0 atom stereocenters. The SMILES string of the molecule is NCCCCC(=O)Nc1ccccc1OCCC(N)=O. The van der Waals surface area contributed by atoms with Crippen molar-refractivity contribution in [2.45, 2.75) is 25.7 Å². The van der Waals surface area contributed by atoms with Crippen LogP contribution in [-0.4, -0.2) is 25.0 Å². The van der Waals surface area contributed by atoms with Gasteiger partial charge in [-0.3, -0.25) is 9.59 Å². The van der Waals surface area contributed by atoms with E-state index in [1.807, 2.05) is 0 Å². The number of carbonyl (C=O) groups is 2. The lowest BCUT2D eigenvalue weighted by atomic mass is 10.2. The zero-order valence-corrected chi connectivity index (χ0v) is 11.4. The minimum Gasteiger partial charge on any atom is -0.491 e. The molecule has 0 bridgehead atoms. The van der Waals surface area contributed by atoms with Crippen molar-refractivity contribution in [3.63, 3.8) is 0 Å². The van der Waals surface area contributed by atoms with Gasteiger partial charge >= 0.3 is 0 Å². The van der Waals surface area contributed by atoms with Crippen LogP contribution < -0.4 is 21.5 Å². The number of amides is 2. The number of anilines is 1. The van der Waals surface area contributed by atoms with E-state index in [0.717, 1.165) is 12.8 Å². The predicted octanol–water partition coefficient (Wildman–Crippen LogP) is 1.01. The maximum absolute atomic E-state index is 11.7. The Balaban J connectivity index is 2.51. The molecule has 0 saturated heterocycles. The molecular weight excluding hydrogens is 258 g/mol. The minimum atomic E-state index is -0.423. The largest absolute Gasteiger partial charge is 0.491 e. The molecule has 6 nitrogen and oxygen atoms in total. The van der Waals surface area contributed by atoms with Crippen LogP contribution in [0.25, 0.3) is 0 Å². The van der Waals surface area contributed by atoms with Gasteiger partial charge in [-0.05, 0) is 31.5 Å². The second kappa shape index (κ2) is 8.92. The Kier molecular flexibility index (Phi) is 7.13. The van der Waals surface area contributed by atoms with Crippen molar-refractivity contribution in [2.24, 2.45) is 11.5 Å². The van der Waals surface area contributed by atoms with Crippen molar-refractivity contribution in [1.82, 2.24) is 0 Å². The standard InChI is InChI=1S/C14H21N3O3/c15-9-4-3-7-14(19)17-11-5-1-2-6-12(11)20-10-8-13(16)18/h1-2,5-6H,3-4,7-10,15H2,(H2,16,18)(H,17,19). The second-order valence-electron chi connectivity index (χ2n) is 4.35. The molecule has 5 N–H and O–H groups in total. The van der Waals surface area contributed by atoms with Crippen LogP contribution in [-0.2, 0) is 9.59 Å². The number of benzene rings is 1. The molecular formula is C14H21N3O3. The zero-order chi connectivity index (χ0) is 14.8. The smallest absolute Gasteiger partial charge is 0.224 e. The molecule has 2 amide bonds. The molecule has 0 fully saturated rings. The first-order valence-corrected chi connectivity index (χ1v) is 6.63. The molecule has 20 heavy (non-hydrogen) atoms.